The number of rotatable bonds is 6. The summed E-state index contributed by atoms with van der Waals surface area (Å²) in [6.07, 6.45) is 5.30. The largest absolute Gasteiger partial charge is 0.345 e. The van der Waals surface area contributed by atoms with Crippen LogP contribution in [0.25, 0.3) is 5.65 Å². The van der Waals surface area contributed by atoms with Crippen molar-refractivity contribution in [3.8, 4) is 0 Å². The monoisotopic (exact) mass is 402 g/mol. The molecule has 0 aromatic carbocycles. The Balaban J connectivity index is 1.28. The van der Waals surface area contributed by atoms with Crippen molar-refractivity contribution in [2.45, 2.75) is 37.2 Å². The Labute approximate surface area is 173 Å². The van der Waals surface area contributed by atoms with Crippen molar-refractivity contribution < 1.29 is 14.2 Å². The predicted molar refractivity (Wildman–Crippen MR) is 104 cm³/mol. The quantitative estimate of drug-likeness (QED) is 0.529. The van der Waals surface area contributed by atoms with Crippen LogP contribution in [0.2, 0.25) is 0 Å². The van der Waals surface area contributed by atoms with Crippen LogP contribution in [0.5, 0.6) is 0 Å². The van der Waals surface area contributed by atoms with E-state index in [9.17, 15) is 9.59 Å². The van der Waals surface area contributed by atoms with Crippen LogP contribution in [-0.4, -0.2) is 69.3 Å². The molecule has 30 heavy (non-hydrogen) atoms. The van der Waals surface area contributed by atoms with Crippen molar-refractivity contribution >= 4 is 33.3 Å². The molecule has 4 radical (unpaired) electrons. The summed E-state index contributed by atoms with van der Waals surface area (Å²) in [6, 6.07) is 1.45. The maximum atomic E-state index is 12.4. The van der Waals surface area contributed by atoms with Crippen molar-refractivity contribution in [1.29, 1.82) is 0 Å². The van der Waals surface area contributed by atoms with E-state index in [1.54, 1.807) is 23.0 Å². The second-order valence-corrected chi connectivity index (χ2v) is 7.59. The van der Waals surface area contributed by atoms with Crippen LogP contribution < -0.4 is 10.6 Å². The van der Waals surface area contributed by atoms with Gasteiger partial charge in [-0.3, -0.25) is 4.79 Å². The lowest BCUT2D eigenvalue weighted by Crippen LogP contribution is -2.47. The smallest absolute Gasteiger partial charge is 0.316 e. The fourth-order valence-corrected chi connectivity index (χ4v) is 3.37. The van der Waals surface area contributed by atoms with E-state index in [-0.39, 0.29) is 43.2 Å². The second kappa shape index (κ2) is 6.85. The lowest BCUT2D eigenvalue weighted by Gasteiger charge is -2.30. The molecule has 1 saturated carbocycles. The van der Waals surface area contributed by atoms with Crippen molar-refractivity contribution in [2.75, 3.05) is 6.54 Å². The third-order valence-corrected chi connectivity index (χ3v) is 5.16. The number of carbonyl (C=O) groups excluding carboxylic acids is 2. The van der Waals surface area contributed by atoms with Gasteiger partial charge in [-0.25, -0.2) is 18.9 Å². The zero-order chi connectivity index (χ0) is 20.9. The van der Waals surface area contributed by atoms with Gasteiger partial charge in [-0.05, 0) is 35.0 Å². The molecule has 2 fully saturated rings. The van der Waals surface area contributed by atoms with E-state index in [4.69, 9.17) is 20.3 Å². The van der Waals surface area contributed by atoms with Crippen molar-refractivity contribution in [1.82, 2.24) is 40.4 Å². The van der Waals surface area contributed by atoms with Crippen LogP contribution in [0.1, 0.15) is 46.2 Å². The Morgan fingerprint density at radius 2 is 2.20 bits per heavy atom. The molecule has 148 valence electrons. The molecule has 11 nitrogen and oxygen atoms in total. The third kappa shape index (κ3) is 3.40. The molecule has 3 amide bonds. The number of imidazole rings is 1. The highest BCUT2D eigenvalue weighted by Gasteiger charge is 2.36. The maximum Gasteiger partial charge on any atom is 0.316 e. The van der Waals surface area contributed by atoms with Gasteiger partial charge in [0.2, 0.25) is 0 Å². The van der Waals surface area contributed by atoms with Crippen LogP contribution in [0, 0.1) is 0 Å². The number of fused-ring (bicyclic) bond motifs is 1. The molecular weight excluding hydrogens is 386 g/mol. The number of hydrogen-bond donors (Lipinski definition) is 2. The van der Waals surface area contributed by atoms with Gasteiger partial charge in [0.1, 0.15) is 5.69 Å². The molecule has 3 aromatic heterocycles. The predicted octanol–water partition coefficient (Wildman–Crippen LogP) is -0.564. The van der Waals surface area contributed by atoms with Crippen molar-refractivity contribution in [3.05, 3.63) is 41.1 Å². The molecule has 0 atom stereocenters. The first-order valence-electron chi connectivity index (χ1n) is 9.48. The Morgan fingerprint density at radius 3 is 2.93 bits per heavy atom. The third-order valence-electron chi connectivity index (χ3n) is 5.16. The van der Waals surface area contributed by atoms with Crippen molar-refractivity contribution in [3.63, 3.8) is 0 Å². The zero-order valence-corrected chi connectivity index (χ0v) is 15.9. The average Bonchev–Trinajstić information content (AvgIpc) is 3.20. The molecule has 4 heterocycles. The number of hydrogen-bond acceptors (Lipinski definition) is 7. The van der Waals surface area contributed by atoms with Crippen LogP contribution in [0.3, 0.4) is 0 Å². The normalized spacial score (nSPS) is 18.0. The highest BCUT2D eigenvalue weighted by molar-refractivity contribution is 6.41. The molecule has 0 spiro atoms. The van der Waals surface area contributed by atoms with E-state index in [0.29, 0.717) is 17.0 Å². The van der Waals surface area contributed by atoms with Gasteiger partial charge >= 0.3 is 6.03 Å². The molecule has 5 rings (SSSR count). The fraction of sp³-hybridized carbons (Fsp3) is 0.412. The summed E-state index contributed by atoms with van der Waals surface area (Å²) >= 11 is 0. The Hall–Kier alpha value is -3.37. The number of amides is 3. The van der Waals surface area contributed by atoms with Gasteiger partial charge in [0.25, 0.3) is 5.91 Å². The van der Waals surface area contributed by atoms with E-state index in [2.05, 4.69) is 31.0 Å². The average molecular weight is 402 g/mol. The van der Waals surface area contributed by atoms with E-state index < -0.39 is 5.34 Å². The van der Waals surface area contributed by atoms with Gasteiger partial charge in [0.15, 0.2) is 11.3 Å². The zero-order valence-electron chi connectivity index (χ0n) is 15.9. The van der Waals surface area contributed by atoms with Gasteiger partial charge in [0, 0.05) is 19.0 Å². The van der Waals surface area contributed by atoms with Gasteiger partial charge < -0.3 is 15.5 Å². The molecular formula is C17H16B2N8O3. The number of nitrogens with zero attached hydrogens (tertiary/aromatic N) is 6. The minimum absolute atomic E-state index is 0.165. The summed E-state index contributed by atoms with van der Waals surface area (Å²) in [4.78, 5) is 30.1. The Bertz CT molecular complexity index is 1140. The van der Waals surface area contributed by atoms with E-state index in [1.807, 2.05) is 0 Å². The lowest BCUT2D eigenvalue weighted by molar-refractivity contribution is 0.0940. The Morgan fingerprint density at radius 1 is 1.37 bits per heavy atom. The van der Waals surface area contributed by atoms with Gasteiger partial charge in [-0.15, -0.1) is 0 Å². The maximum absolute atomic E-state index is 12.4. The van der Waals surface area contributed by atoms with Crippen LogP contribution in [0.15, 0.2) is 23.1 Å². The number of urea groups is 1. The summed E-state index contributed by atoms with van der Waals surface area (Å²) in [7, 11) is 11.9. The highest BCUT2D eigenvalue weighted by Crippen LogP contribution is 2.40. The standard InChI is InChI=1S/C17H16B2N8O3/c18-17(19)8-21-16(29)26(17)6-9-3-12-23-11(7-27(12)22-4-9)5-20-15(28)14-13(10-1-2-10)24-30-25-14/h3-4,7,10H,1-2,5-6,8H2,(H,20,28)(H,21,29). The molecule has 1 saturated heterocycles. The number of aromatic nitrogens is 5. The van der Waals surface area contributed by atoms with E-state index in [1.165, 1.54) is 4.90 Å². The molecule has 3 aromatic rings. The first kappa shape index (κ1) is 18.6. The summed E-state index contributed by atoms with van der Waals surface area (Å²) in [5.41, 5.74) is 2.73. The highest BCUT2D eigenvalue weighted by atomic mass is 16.6. The summed E-state index contributed by atoms with van der Waals surface area (Å²) in [5.74, 6) is -0.0978. The fourth-order valence-electron chi connectivity index (χ4n) is 3.37. The van der Waals surface area contributed by atoms with Crippen LogP contribution in [0.4, 0.5) is 4.79 Å². The second-order valence-electron chi connectivity index (χ2n) is 7.59. The molecule has 0 unspecified atom stereocenters. The first-order valence-corrected chi connectivity index (χ1v) is 9.48. The first-order chi connectivity index (χ1) is 14.4. The molecule has 2 aliphatic rings. The topological polar surface area (TPSA) is 131 Å². The summed E-state index contributed by atoms with van der Waals surface area (Å²) < 4.78 is 6.30. The SMILES string of the molecule is [B]C1([B])CNC(=O)N1Cc1cnn2cc(CNC(=O)c3nonc3C3CC3)nc2c1. The molecule has 2 N–H and O–H groups in total. The minimum Gasteiger partial charge on any atom is -0.345 e. The number of carbonyl (C=O) groups is 2. The van der Waals surface area contributed by atoms with E-state index >= 15 is 0 Å². The molecule has 0 bridgehead atoms. The molecule has 1 aliphatic heterocycles. The van der Waals surface area contributed by atoms with Gasteiger partial charge in [-0.1, -0.05) is 5.16 Å². The number of nitrogens with one attached hydrogen (secondary N) is 2. The van der Waals surface area contributed by atoms with Crippen molar-refractivity contribution in [2.24, 2.45) is 0 Å². The molecule has 13 heteroatoms. The molecule has 1 aliphatic carbocycles. The van der Waals surface area contributed by atoms with Gasteiger partial charge in [0.05, 0.1) is 40.3 Å². The summed E-state index contributed by atoms with van der Waals surface area (Å²) in [5, 5.41) is 16.0. The van der Waals surface area contributed by atoms with Crippen LogP contribution in [-0.2, 0) is 13.1 Å². The van der Waals surface area contributed by atoms with Gasteiger partial charge in [-0.2, -0.15) is 5.10 Å². The minimum atomic E-state index is -1.26. The lowest BCUT2D eigenvalue weighted by atomic mass is 9.61. The van der Waals surface area contributed by atoms with Crippen LogP contribution >= 0.6 is 0 Å². The summed E-state index contributed by atoms with van der Waals surface area (Å²) in [6.45, 7) is 0.556. The Kier molecular flexibility index (Phi) is 4.26. The van der Waals surface area contributed by atoms with E-state index in [0.717, 1.165) is 18.4 Å².